The highest BCUT2D eigenvalue weighted by atomic mass is 32.2. The van der Waals surface area contributed by atoms with E-state index in [0.717, 1.165) is 22.5 Å². The minimum Gasteiger partial charge on any atom is -0.325 e. The number of amides is 1. The highest BCUT2D eigenvalue weighted by Gasteiger charge is 2.07. The van der Waals surface area contributed by atoms with Crippen LogP contribution in [0.3, 0.4) is 0 Å². The SMILES string of the molecule is Cc1ccc(NC(=O)CSc2ccc(-n3cnc(-c4ccccc4)c3)nn2)cc1. The van der Waals surface area contributed by atoms with Crippen LogP contribution in [0, 0.1) is 6.92 Å². The maximum absolute atomic E-state index is 12.1. The van der Waals surface area contributed by atoms with Crippen LogP contribution in [-0.2, 0) is 4.79 Å². The summed E-state index contributed by atoms with van der Waals surface area (Å²) >= 11 is 1.35. The Balaban J connectivity index is 1.35. The van der Waals surface area contributed by atoms with E-state index in [1.807, 2.05) is 84.4 Å². The summed E-state index contributed by atoms with van der Waals surface area (Å²) in [5.74, 6) is 0.866. The number of benzene rings is 2. The molecule has 144 valence electrons. The summed E-state index contributed by atoms with van der Waals surface area (Å²) in [6.45, 7) is 2.01. The molecule has 6 nitrogen and oxygen atoms in total. The van der Waals surface area contributed by atoms with Crippen LogP contribution < -0.4 is 5.32 Å². The molecule has 4 rings (SSSR count). The van der Waals surface area contributed by atoms with Crippen LogP contribution in [0.25, 0.3) is 17.1 Å². The number of anilines is 1. The minimum absolute atomic E-state index is 0.0770. The van der Waals surface area contributed by atoms with Crippen LogP contribution in [0.2, 0.25) is 0 Å². The lowest BCUT2D eigenvalue weighted by Gasteiger charge is -2.05. The number of nitrogens with zero attached hydrogens (tertiary/aromatic N) is 4. The van der Waals surface area contributed by atoms with E-state index in [0.29, 0.717) is 10.8 Å². The lowest BCUT2D eigenvalue weighted by atomic mass is 10.2. The van der Waals surface area contributed by atoms with Gasteiger partial charge in [-0.3, -0.25) is 9.36 Å². The van der Waals surface area contributed by atoms with Gasteiger partial charge in [0.1, 0.15) is 11.4 Å². The molecule has 2 aromatic carbocycles. The molecule has 0 aliphatic heterocycles. The predicted octanol–water partition coefficient (Wildman–Crippen LogP) is 4.37. The zero-order valence-corrected chi connectivity index (χ0v) is 16.6. The van der Waals surface area contributed by atoms with Gasteiger partial charge in [-0.15, -0.1) is 10.2 Å². The molecule has 2 aromatic heterocycles. The molecule has 0 fully saturated rings. The van der Waals surface area contributed by atoms with Crippen molar-refractivity contribution in [3.63, 3.8) is 0 Å². The van der Waals surface area contributed by atoms with Gasteiger partial charge in [0.2, 0.25) is 5.91 Å². The van der Waals surface area contributed by atoms with Gasteiger partial charge in [0.05, 0.1) is 11.4 Å². The summed E-state index contributed by atoms with van der Waals surface area (Å²) in [4.78, 5) is 16.5. The van der Waals surface area contributed by atoms with Crippen molar-refractivity contribution in [1.82, 2.24) is 19.7 Å². The first-order valence-electron chi connectivity index (χ1n) is 9.10. The highest BCUT2D eigenvalue weighted by molar-refractivity contribution is 7.99. The Morgan fingerprint density at radius 2 is 1.79 bits per heavy atom. The standard InChI is InChI=1S/C22H19N5OS/c1-16-7-9-18(10-8-16)24-21(28)14-29-22-12-11-20(25-26-22)27-13-19(23-15-27)17-5-3-2-4-6-17/h2-13,15H,14H2,1H3,(H,24,28). The third-order valence-corrected chi connectivity index (χ3v) is 5.15. The molecular formula is C22H19N5OS. The maximum Gasteiger partial charge on any atom is 0.234 e. The zero-order valence-electron chi connectivity index (χ0n) is 15.8. The van der Waals surface area contributed by atoms with Gasteiger partial charge in [-0.05, 0) is 31.2 Å². The topological polar surface area (TPSA) is 72.7 Å². The summed E-state index contributed by atoms with van der Waals surface area (Å²) < 4.78 is 1.83. The molecule has 0 unspecified atom stereocenters. The van der Waals surface area contributed by atoms with Crippen molar-refractivity contribution < 1.29 is 4.79 Å². The summed E-state index contributed by atoms with van der Waals surface area (Å²) in [7, 11) is 0. The Morgan fingerprint density at radius 3 is 2.52 bits per heavy atom. The first-order chi connectivity index (χ1) is 14.2. The lowest BCUT2D eigenvalue weighted by Crippen LogP contribution is -2.14. The third-order valence-electron chi connectivity index (χ3n) is 4.23. The van der Waals surface area contributed by atoms with E-state index in [1.165, 1.54) is 11.8 Å². The fourth-order valence-electron chi connectivity index (χ4n) is 2.71. The average Bonchev–Trinajstić information content (AvgIpc) is 3.25. The normalized spacial score (nSPS) is 10.7. The molecule has 0 radical (unpaired) electrons. The molecular weight excluding hydrogens is 382 g/mol. The number of rotatable bonds is 6. The van der Waals surface area contributed by atoms with Crippen LogP contribution in [0.1, 0.15) is 5.56 Å². The fraction of sp³-hybridized carbons (Fsp3) is 0.0909. The number of hydrogen-bond acceptors (Lipinski definition) is 5. The molecule has 0 aliphatic carbocycles. The fourth-order valence-corrected chi connectivity index (χ4v) is 3.32. The van der Waals surface area contributed by atoms with E-state index >= 15 is 0 Å². The van der Waals surface area contributed by atoms with Gasteiger partial charge >= 0.3 is 0 Å². The number of aromatic nitrogens is 4. The largest absolute Gasteiger partial charge is 0.325 e. The molecule has 0 spiro atoms. The van der Waals surface area contributed by atoms with Gasteiger partial charge in [-0.25, -0.2) is 4.98 Å². The van der Waals surface area contributed by atoms with Crippen LogP contribution in [0.15, 0.2) is 84.3 Å². The summed E-state index contributed by atoms with van der Waals surface area (Å²) in [6.07, 6.45) is 3.63. The second kappa shape index (κ2) is 8.70. The van der Waals surface area contributed by atoms with Gasteiger partial charge in [0.25, 0.3) is 0 Å². The van der Waals surface area contributed by atoms with Crippen molar-refractivity contribution in [2.45, 2.75) is 11.9 Å². The van der Waals surface area contributed by atoms with Crippen LogP contribution in [-0.4, -0.2) is 31.4 Å². The van der Waals surface area contributed by atoms with Gasteiger partial charge in [0.15, 0.2) is 5.82 Å². The van der Waals surface area contributed by atoms with Gasteiger partial charge in [-0.1, -0.05) is 59.8 Å². The Bertz CT molecular complexity index is 1090. The number of carbonyl (C=O) groups is 1. The molecule has 7 heteroatoms. The number of imidazole rings is 1. The smallest absolute Gasteiger partial charge is 0.234 e. The van der Waals surface area contributed by atoms with Crippen LogP contribution in [0.5, 0.6) is 0 Å². The van der Waals surface area contributed by atoms with Crippen molar-refractivity contribution in [2.24, 2.45) is 0 Å². The number of aryl methyl sites for hydroxylation is 1. The predicted molar refractivity (Wildman–Crippen MR) is 115 cm³/mol. The quantitative estimate of drug-likeness (QED) is 0.486. The number of hydrogen-bond donors (Lipinski definition) is 1. The van der Waals surface area contributed by atoms with Gasteiger partial charge in [0, 0.05) is 17.4 Å². The molecule has 0 saturated heterocycles. The Morgan fingerprint density at radius 1 is 1.00 bits per heavy atom. The molecule has 29 heavy (non-hydrogen) atoms. The van der Waals surface area contributed by atoms with E-state index in [-0.39, 0.29) is 11.7 Å². The van der Waals surface area contributed by atoms with Gasteiger partial charge in [-0.2, -0.15) is 0 Å². The Labute approximate surface area is 173 Å². The van der Waals surface area contributed by atoms with Crippen molar-refractivity contribution in [2.75, 3.05) is 11.1 Å². The molecule has 1 N–H and O–H groups in total. The highest BCUT2D eigenvalue weighted by Crippen LogP contribution is 2.19. The van der Waals surface area contributed by atoms with Crippen molar-refractivity contribution >= 4 is 23.4 Å². The number of carbonyl (C=O) groups excluding carboxylic acids is 1. The maximum atomic E-state index is 12.1. The molecule has 4 aromatic rings. The lowest BCUT2D eigenvalue weighted by molar-refractivity contribution is -0.113. The third kappa shape index (κ3) is 4.89. The molecule has 1 amide bonds. The monoisotopic (exact) mass is 401 g/mol. The average molecular weight is 401 g/mol. The van der Waals surface area contributed by atoms with E-state index < -0.39 is 0 Å². The molecule has 0 bridgehead atoms. The summed E-state index contributed by atoms with van der Waals surface area (Å²) in [6, 6.07) is 21.4. The molecule has 0 saturated carbocycles. The van der Waals surface area contributed by atoms with Crippen LogP contribution in [0.4, 0.5) is 5.69 Å². The second-order valence-corrected chi connectivity index (χ2v) is 7.46. The van der Waals surface area contributed by atoms with E-state index in [4.69, 9.17) is 0 Å². The van der Waals surface area contributed by atoms with E-state index in [2.05, 4.69) is 20.5 Å². The molecule has 0 atom stereocenters. The van der Waals surface area contributed by atoms with Crippen molar-refractivity contribution in [1.29, 1.82) is 0 Å². The zero-order chi connectivity index (χ0) is 20.1. The van der Waals surface area contributed by atoms with Crippen molar-refractivity contribution in [3.8, 4) is 17.1 Å². The Kier molecular flexibility index (Phi) is 5.67. The number of nitrogens with one attached hydrogen (secondary N) is 1. The van der Waals surface area contributed by atoms with E-state index in [9.17, 15) is 4.79 Å². The van der Waals surface area contributed by atoms with E-state index in [1.54, 1.807) is 6.33 Å². The van der Waals surface area contributed by atoms with Gasteiger partial charge < -0.3 is 5.32 Å². The van der Waals surface area contributed by atoms with Crippen molar-refractivity contribution in [3.05, 3.63) is 84.8 Å². The summed E-state index contributed by atoms with van der Waals surface area (Å²) in [5, 5.41) is 12.0. The van der Waals surface area contributed by atoms with Crippen LogP contribution >= 0.6 is 11.8 Å². The minimum atomic E-state index is -0.0770. The first-order valence-corrected chi connectivity index (χ1v) is 10.1. The molecule has 0 aliphatic rings. The molecule has 2 heterocycles. The Hall–Kier alpha value is -3.45. The summed E-state index contributed by atoms with van der Waals surface area (Å²) in [5.41, 5.74) is 3.86. The number of thioether (sulfide) groups is 1. The first kappa shape index (κ1) is 18.9. The second-order valence-electron chi connectivity index (χ2n) is 6.46.